The topological polar surface area (TPSA) is 58.1 Å². The number of carbonyl (C=O) groups is 1. The quantitative estimate of drug-likeness (QED) is 0.790. The summed E-state index contributed by atoms with van der Waals surface area (Å²) in [7, 11) is 2.01. The number of aromatic nitrogens is 1. The smallest absolute Gasteiger partial charge is 0.265 e. The van der Waals surface area contributed by atoms with E-state index >= 15 is 0 Å². The third-order valence-corrected chi connectivity index (χ3v) is 5.90. The number of likely N-dealkylation sites (tertiary alicyclic amines) is 1. The Kier molecular flexibility index (Phi) is 4.34. The molecule has 3 saturated heterocycles. The average Bonchev–Trinajstić information content (AvgIpc) is 3.17. The van der Waals surface area contributed by atoms with Crippen molar-refractivity contribution >= 4 is 17.2 Å². The molecule has 132 valence electrons. The van der Waals surface area contributed by atoms with Crippen LogP contribution in [0.15, 0.2) is 5.38 Å². The first-order chi connectivity index (χ1) is 11.5. The largest absolute Gasteiger partial charge is 0.369 e. The van der Waals surface area contributed by atoms with Gasteiger partial charge in [0.05, 0.1) is 26.3 Å². The van der Waals surface area contributed by atoms with E-state index in [0.29, 0.717) is 19.8 Å². The highest BCUT2D eigenvalue weighted by molar-refractivity contribution is 7.09. The van der Waals surface area contributed by atoms with Gasteiger partial charge in [0.15, 0.2) is 0 Å². The molecule has 0 saturated carbocycles. The monoisotopic (exact) mass is 352 g/mol. The number of hydroxylamine groups is 2. The second kappa shape index (κ2) is 6.34. The van der Waals surface area contributed by atoms with Gasteiger partial charge in [-0.15, -0.1) is 11.3 Å². The molecule has 7 nitrogen and oxygen atoms in total. The van der Waals surface area contributed by atoms with Crippen molar-refractivity contribution in [2.75, 3.05) is 46.4 Å². The molecule has 0 radical (unpaired) electrons. The molecule has 8 heteroatoms. The minimum Gasteiger partial charge on any atom is -0.369 e. The lowest BCUT2D eigenvalue weighted by molar-refractivity contribution is -0.212. The summed E-state index contributed by atoms with van der Waals surface area (Å²) in [6.45, 7) is 7.26. The first-order valence-corrected chi connectivity index (χ1v) is 9.34. The predicted molar refractivity (Wildman–Crippen MR) is 89.5 cm³/mol. The normalized spacial score (nSPS) is 27.6. The van der Waals surface area contributed by atoms with Crippen LogP contribution in [0.1, 0.15) is 17.1 Å². The van der Waals surface area contributed by atoms with Crippen LogP contribution >= 0.6 is 11.3 Å². The van der Waals surface area contributed by atoms with Gasteiger partial charge in [0, 0.05) is 30.7 Å². The maximum atomic E-state index is 12.5. The standard InChI is InChI=1S/C16H24N4O3S/c1-12-8-24-14(17-12)6-19-10-16(11-19)9-18(2)13(7-22-16)15(21)20-4-3-5-23-20/h8,13H,3-7,9-11H2,1-2H3. The van der Waals surface area contributed by atoms with Gasteiger partial charge in [0.25, 0.3) is 5.91 Å². The van der Waals surface area contributed by atoms with Crippen molar-refractivity contribution in [3.05, 3.63) is 16.1 Å². The van der Waals surface area contributed by atoms with E-state index in [2.05, 4.69) is 20.2 Å². The van der Waals surface area contributed by atoms with Crippen molar-refractivity contribution in [3.8, 4) is 0 Å². The summed E-state index contributed by atoms with van der Waals surface area (Å²) < 4.78 is 6.13. The van der Waals surface area contributed by atoms with Gasteiger partial charge in [-0.05, 0) is 20.4 Å². The van der Waals surface area contributed by atoms with E-state index in [1.54, 1.807) is 11.3 Å². The van der Waals surface area contributed by atoms with E-state index in [4.69, 9.17) is 9.57 Å². The number of likely N-dealkylation sites (N-methyl/N-ethyl adjacent to an activating group) is 1. The molecule has 4 heterocycles. The Labute approximate surface area is 146 Å². The molecule has 0 aromatic carbocycles. The second-order valence-electron chi connectivity index (χ2n) is 7.08. The van der Waals surface area contributed by atoms with Gasteiger partial charge < -0.3 is 4.74 Å². The molecular weight excluding hydrogens is 328 g/mol. The van der Waals surface area contributed by atoms with Gasteiger partial charge in [0.2, 0.25) is 0 Å². The number of ether oxygens (including phenoxy) is 1. The van der Waals surface area contributed by atoms with E-state index < -0.39 is 0 Å². The zero-order chi connectivity index (χ0) is 16.7. The minimum atomic E-state index is -0.232. The number of morpholine rings is 1. The molecule has 3 fully saturated rings. The van der Waals surface area contributed by atoms with Gasteiger partial charge in [-0.25, -0.2) is 10.0 Å². The van der Waals surface area contributed by atoms with Crippen LogP contribution in [0, 0.1) is 6.92 Å². The zero-order valence-electron chi connectivity index (χ0n) is 14.2. The fourth-order valence-electron chi connectivity index (χ4n) is 3.78. The van der Waals surface area contributed by atoms with Crippen LogP contribution in [0.3, 0.4) is 0 Å². The first-order valence-electron chi connectivity index (χ1n) is 8.47. The van der Waals surface area contributed by atoms with Crippen molar-refractivity contribution < 1.29 is 14.4 Å². The lowest BCUT2D eigenvalue weighted by Gasteiger charge is -2.54. The van der Waals surface area contributed by atoms with Crippen LogP contribution in [-0.2, 0) is 20.9 Å². The van der Waals surface area contributed by atoms with Crippen LogP contribution < -0.4 is 0 Å². The highest BCUT2D eigenvalue weighted by atomic mass is 32.1. The second-order valence-corrected chi connectivity index (χ2v) is 8.02. The van der Waals surface area contributed by atoms with Gasteiger partial charge in [0.1, 0.15) is 16.7 Å². The Balaban J connectivity index is 1.30. The number of nitrogens with zero attached hydrogens (tertiary/aromatic N) is 4. The zero-order valence-corrected chi connectivity index (χ0v) is 15.0. The highest BCUT2D eigenvalue weighted by Gasteiger charge is 2.50. The molecule has 3 aliphatic heterocycles. The molecule has 0 N–H and O–H groups in total. The molecule has 1 unspecified atom stereocenters. The molecule has 4 rings (SSSR count). The molecule has 3 aliphatic rings. The number of rotatable bonds is 3. The van der Waals surface area contributed by atoms with E-state index in [9.17, 15) is 4.79 Å². The fraction of sp³-hybridized carbons (Fsp3) is 0.750. The van der Waals surface area contributed by atoms with Gasteiger partial charge in [-0.3, -0.25) is 19.4 Å². The molecule has 1 atom stereocenters. The van der Waals surface area contributed by atoms with Crippen molar-refractivity contribution in [3.63, 3.8) is 0 Å². The van der Waals surface area contributed by atoms with Crippen LogP contribution in [0.2, 0.25) is 0 Å². The van der Waals surface area contributed by atoms with Crippen molar-refractivity contribution in [2.45, 2.75) is 31.5 Å². The Morgan fingerprint density at radius 3 is 2.92 bits per heavy atom. The summed E-state index contributed by atoms with van der Waals surface area (Å²) in [6.07, 6.45) is 0.915. The maximum absolute atomic E-state index is 12.5. The average molecular weight is 352 g/mol. The molecule has 1 amide bonds. The number of amides is 1. The van der Waals surface area contributed by atoms with Gasteiger partial charge in [-0.1, -0.05) is 0 Å². The lowest BCUT2D eigenvalue weighted by Crippen LogP contribution is -2.72. The summed E-state index contributed by atoms with van der Waals surface area (Å²) in [5, 5.41) is 4.75. The van der Waals surface area contributed by atoms with Crippen LogP contribution in [-0.4, -0.2) is 83.8 Å². The van der Waals surface area contributed by atoms with Crippen molar-refractivity contribution in [1.29, 1.82) is 0 Å². The molecule has 1 spiro atoms. The fourth-order valence-corrected chi connectivity index (χ4v) is 4.59. The van der Waals surface area contributed by atoms with Crippen LogP contribution in [0.25, 0.3) is 0 Å². The Bertz CT molecular complexity index is 610. The molecule has 1 aromatic heterocycles. The summed E-state index contributed by atoms with van der Waals surface area (Å²) in [4.78, 5) is 26.9. The number of aryl methyl sites for hydroxylation is 1. The lowest BCUT2D eigenvalue weighted by atomic mass is 9.90. The van der Waals surface area contributed by atoms with Gasteiger partial charge >= 0.3 is 0 Å². The number of hydrogen-bond acceptors (Lipinski definition) is 7. The van der Waals surface area contributed by atoms with E-state index in [0.717, 1.165) is 43.3 Å². The number of thiazole rings is 1. The molecule has 0 aliphatic carbocycles. The summed E-state index contributed by atoms with van der Waals surface area (Å²) in [5.74, 6) is 0.0271. The van der Waals surface area contributed by atoms with Crippen LogP contribution in [0.5, 0.6) is 0 Å². The van der Waals surface area contributed by atoms with Crippen molar-refractivity contribution in [2.24, 2.45) is 0 Å². The third kappa shape index (κ3) is 3.09. The first kappa shape index (κ1) is 16.4. The summed E-state index contributed by atoms with van der Waals surface area (Å²) >= 11 is 1.71. The van der Waals surface area contributed by atoms with Gasteiger partial charge in [-0.2, -0.15) is 0 Å². The highest BCUT2D eigenvalue weighted by Crippen LogP contribution is 2.32. The van der Waals surface area contributed by atoms with E-state index in [1.165, 1.54) is 5.06 Å². The number of carbonyl (C=O) groups excluding carboxylic acids is 1. The maximum Gasteiger partial charge on any atom is 0.265 e. The molecule has 24 heavy (non-hydrogen) atoms. The predicted octanol–water partition coefficient (Wildman–Crippen LogP) is 0.500. The third-order valence-electron chi connectivity index (χ3n) is 4.95. The Morgan fingerprint density at radius 1 is 1.46 bits per heavy atom. The van der Waals surface area contributed by atoms with E-state index in [1.807, 2.05) is 14.0 Å². The Hall–Kier alpha value is -1.06. The molecular formula is C16H24N4O3S. The molecule has 0 bridgehead atoms. The summed E-state index contributed by atoms with van der Waals surface area (Å²) in [6, 6.07) is -0.232. The number of hydrogen-bond donors (Lipinski definition) is 0. The molecule has 1 aromatic rings. The van der Waals surface area contributed by atoms with Crippen molar-refractivity contribution in [1.82, 2.24) is 19.8 Å². The SMILES string of the molecule is Cc1csc(CN2CC3(C2)CN(C)C(C(=O)N2CCCO2)CO3)n1. The van der Waals surface area contributed by atoms with E-state index in [-0.39, 0.29) is 17.6 Å². The summed E-state index contributed by atoms with van der Waals surface area (Å²) in [5.41, 5.74) is 0.952. The van der Waals surface area contributed by atoms with Crippen LogP contribution in [0.4, 0.5) is 0 Å². The Morgan fingerprint density at radius 2 is 2.29 bits per heavy atom. The minimum absolute atomic E-state index is 0.0271.